The van der Waals surface area contributed by atoms with Crippen molar-refractivity contribution in [1.82, 2.24) is 4.90 Å². The van der Waals surface area contributed by atoms with Gasteiger partial charge in [-0.3, -0.25) is 4.79 Å². The first-order valence-electron chi connectivity index (χ1n) is 7.78. The summed E-state index contributed by atoms with van der Waals surface area (Å²) < 4.78 is 0. The third-order valence-corrected chi connectivity index (χ3v) is 4.22. The second-order valence-electron chi connectivity index (χ2n) is 6.25. The van der Waals surface area contributed by atoms with Crippen molar-refractivity contribution >= 4 is 17.7 Å². The van der Waals surface area contributed by atoms with Crippen LogP contribution in [0.1, 0.15) is 43.7 Å². The Bertz CT molecular complexity index is 569. The molecule has 1 aliphatic heterocycles. The number of piperidine rings is 1. The summed E-state index contributed by atoms with van der Waals surface area (Å²) in [6.45, 7) is 7.04. The lowest BCUT2D eigenvalue weighted by molar-refractivity contribution is -0.143. The number of benzene rings is 1. The number of para-hydroxylation sites is 1. The number of carbonyl (C=O) groups excluding carboxylic acids is 1. The Morgan fingerprint density at radius 1 is 1.36 bits per heavy atom. The first-order chi connectivity index (χ1) is 10.4. The molecule has 1 saturated heterocycles. The molecular weight excluding hydrogens is 280 g/mol. The maximum absolute atomic E-state index is 12.5. The van der Waals surface area contributed by atoms with Crippen molar-refractivity contribution in [2.75, 3.05) is 18.4 Å². The fourth-order valence-electron chi connectivity index (χ4n) is 2.89. The number of rotatable bonds is 3. The summed E-state index contributed by atoms with van der Waals surface area (Å²) in [5.74, 6) is -0.972. The number of likely N-dealkylation sites (tertiary alicyclic amines) is 1. The van der Waals surface area contributed by atoms with E-state index in [1.165, 1.54) is 0 Å². The highest BCUT2D eigenvalue weighted by atomic mass is 16.4. The minimum absolute atomic E-state index is 0.206. The first-order valence-corrected chi connectivity index (χ1v) is 7.78. The van der Waals surface area contributed by atoms with Gasteiger partial charge in [0, 0.05) is 18.8 Å². The second kappa shape index (κ2) is 6.81. The third kappa shape index (κ3) is 3.59. The summed E-state index contributed by atoms with van der Waals surface area (Å²) >= 11 is 0. The van der Waals surface area contributed by atoms with Gasteiger partial charge in [0.05, 0.1) is 5.92 Å². The smallest absolute Gasteiger partial charge is 0.321 e. The molecule has 22 heavy (non-hydrogen) atoms. The van der Waals surface area contributed by atoms with E-state index in [-0.39, 0.29) is 12.6 Å². The number of nitrogens with zero attached hydrogens (tertiary/aromatic N) is 1. The van der Waals surface area contributed by atoms with Crippen LogP contribution in [-0.2, 0) is 4.79 Å². The molecule has 0 spiro atoms. The van der Waals surface area contributed by atoms with Gasteiger partial charge in [0.2, 0.25) is 0 Å². The average molecular weight is 304 g/mol. The zero-order chi connectivity index (χ0) is 16.3. The van der Waals surface area contributed by atoms with Gasteiger partial charge in [0.25, 0.3) is 0 Å². The number of carboxylic acids is 1. The molecule has 0 aromatic heterocycles. The van der Waals surface area contributed by atoms with E-state index < -0.39 is 11.9 Å². The fraction of sp³-hybridized carbons (Fsp3) is 0.529. The van der Waals surface area contributed by atoms with Crippen LogP contribution in [0.4, 0.5) is 10.5 Å². The Kier molecular flexibility index (Phi) is 5.06. The van der Waals surface area contributed by atoms with Gasteiger partial charge in [-0.15, -0.1) is 0 Å². The van der Waals surface area contributed by atoms with Crippen LogP contribution in [0.3, 0.4) is 0 Å². The van der Waals surface area contributed by atoms with Gasteiger partial charge in [-0.05, 0) is 36.8 Å². The molecule has 0 radical (unpaired) electrons. The highest BCUT2D eigenvalue weighted by molar-refractivity contribution is 5.91. The van der Waals surface area contributed by atoms with Gasteiger partial charge >= 0.3 is 12.0 Å². The van der Waals surface area contributed by atoms with E-state index in [9.17, 15) is 9.59 Å². The monoisotopic (exact) mass is 304 g/mol. The zero-order valence-corrected chi connectivity index (χ0v) is 13.4. The van der Waals surface area contributed by atoms with E-state index in [4.69, 9.17) is 5.11 Å². The van der Waals surface area contributed by atoms with Crippen LogP contribution < -0.4 is 5.32 Å². The van der Waals surface area contributed by atoms with Crippen molar-refractivity contribution in [3.63, 3.8) is 0 Å². The molecule has 5 nitrogen and oxygen atoms in total. The van der Waals surface area contributed by atoms with Crippen molar-refractivity contribution in [2.45, 2.75) is 39.5 Å². The van der Waals surface area contributed by atoms with Crippen LogP contribution in [0.25, 0.3) is 0 Å². The molecule has 2 N–H and O–H groups in total. The minimum atomic E-state index is -0.823. The van der Waals surface area contributed by atoms with Crippen LogP contribution in [0.15, 0.2) is 18.2 Å². The van der Waals surface area contributed by atoms with E-state index >= 15 is 0 Å². The van der Waals surface area contributed by atoms with Gasteiger partial charge < -0.3 is 15.3 Å². The maximum Gasteiger partial charge on any atom is 0.321 e. The summed E-state index contributed by atoms with van der Waals surface area (Å²) in [6.07, 6.45) is 1.37. The Morgan fingerprint density at radius 3 is 2.73 bits per heavy atom. The second-order valence-corrected chi connectivity index (χ2v) is 6.25. The van der Waals surface area contributed by atoms with Crippen LogP contribution in [0.5, 0.6) is 0 Å². The summed E-state index contributed by atoms with van der Waals surface area (Å²) in [6, 6.07) is 5.77. The van der Waals surface area contributed by atoms with Gasteiger partial charge in [0.1, 0.15) is 0 Å². The molecular formula is C17H24N2O3. The van der Waals surface area contributed by atoms with Crippen molar-refractivity contribution in [3.05, 3.63) is 29.3 Å². The predicted octanol–water partition coefficient (Wildman–Crippen LogP) is 3.45. The molecule has 1 unspecified atom stereocenters. The topological polar surface area (TPSA) is 69.6 Å². The van der Waals surface area contributed by atoms with Gasteiger partial charge in [-0.2, -0.15) is 0 Å². The van der Waals surface area contributed by atoms with Gasteiger partial charge in [-0.1, -0.05) is 32.0 Å². The lowest BCUT2D eigenvalue weighted by Crippen LogP contribution is -2.44. The third-order valence-electron chi connectivity index (χ3n) is 4.22. The lowest BCUT2D eigenvalue weighted by Gasteiger charge is -2.31. The number of aliphatic carboxylic acids is 1. The quantitative estimate of drug-likeness (QED) is 0.898. The number of aryl methyl sites for hydroxylation is 1. The summed E-state index contributed by atoms with van der Waals surface area (Å²) in [5.41, 5.74) is 2.96. The molecule has 0 saturated carbocycles. The average Bonchev–Trinajstić information content (AvgIpc) is 2.49. The number of hydrogen-bond donors (Lipinski definition) is 2. The van der Waals surface area contributed by atoms with Crippen molar-refractivity contribution in [3.8, 4) is 0 Å². The first kappa shape index (κ1) is 16.3. The molecule has 1 aromatic rings. The van der Waals surface area contributed by atoms with E-state index in [1.807, 2.05) is 25.1 Å². The van der Waals surface area contributed by atoms with Crippen LogP contribution in [0, 0.1) is 12.8 Å². The molecule has 5 heteroatoms. The number of carboxylic acid groups (broad SMARTS) is 1. The van der Waals surface area contributed by atoms with Crippen molar-refractivity contribution in [2.24, 2.45) is 5.92 Å². The Labute approximate surface area is 131 Å². The summed E-state index contributed by atoms with van der Waals surface area (Å²) in [7, 11) is 0. The molecule has 120 valence electrons. The highest BCUT2D eigenvalue weighted by Gasteiger charge is 2.28. The van der Waals surface area contributed by atoms with Crippen LogP contribution in [0.2, 0.25) is 0 Å². The van der Waals surface area contributed by atoms with Crippen LogP contribution >= 0.6 is 0 Å². The summed E-state index contributed by atoms with van der Waals surface area (Å²) in [4.78, 5) is 25.2. The number of urea groups is 1. The molecule has 1 heterocycles. The number of carbonyl (C=O) groups is 2. The maximum atomic E-state index is 12.5. The summed E-state index contributed by atoms with van der Waals surface area (Å²) in [5, 5.41) is 12.1. The zero-order valence-electron chi connectivity index (χ0n) is 13.4. The molecule has 2 amide bonds. The van der Waals surface area contributed by atoms with Crippen molar-refractivity contribution < 1.29 is 14.7 Å². The highest BCUT2D eigenvalue weighted by Crippen LogP contribution is 2.28. The number of nitrogens with one attached hydrogen (secondary N) is 1. The normalized spacial score (nSPS) is 18.4. The van der Waals surface area contributed by atoms with Crippen LogP contribution in [-0.4, -0.2) is 35.1 Å². The van der Waals surface area contributed by atoms with Gasteiger partial charge in [-0.25, -0.2) is 4.79 Å². The number of amides is 2. The molecule has 1 aromatic carbocycles. The van der Waals surface area contributed by atoms with E-state index in [0.717, 1.165) is 23.2 Å². The molecule has 1 atom stereocenters. The van der Waals surface area contributed by atoms with Gasteiger partial charge in [0.15, 0.2) is 0 Å². The fourth-order valence-corrected chi connectivity index (χ4v) is 2.89. The molecule has 2 rings (SSSR count). The standard InChI is InChI=1S/C17H24N2O3/c1-11(2)14-8-4-6-12(3)15(14)18-17(22)19-9-5-7-13(10-19)16(20)21/h4,6,8,11,13H,5,7,9-10H2,1-3H3,(H,18,22)(H,20,21). The van der Waals surface area contributed by atoms with Crippen molar-refractivity contribution in [1.29, 1.82) is 0 Å². The number of anilines is 1. The van der Waals surface area contributed by atoms with E-state index in [0.29, 0.717) is 18.9 Å². The van der Waals surface area contributed by atoms with E-state index in [2.05, 4.69) is 19.2 Å². The predicted molar refractivity (Wildman–Crippen MR) is 86.2 cm³/mol. The molecule has 0 bridgehead atoms. The SMILES string of the molecule is Cc1cccc(C(C)C)c1NC(=O)N1CCCC(C(=O)O)C1. The molecule has 1 fully saturated rings. The van der Waals surface area contributed by atoms with E-state index in [1.54, 1.807) is 4.90 Å². The molecule has 0 aliphatic carbocycles. The number of hydrogen-bond acceptors (Lipinski definition) is 2. The Hall–Kier alpha value is -2.04. The Balaban J connectivity index is 2.14. The molecule has 1 aliphatic rings. The minimum Gasteiger partial charge on any atom is -0.481 e. The largest absolute Gasteiger partial charge is 0.481 e. The Morgan fingerprint density at radius 2 is 2.09 bits per heavy atom. The lowest BCUT2D eigenvalue weighted by atomic mass is 9.97.